The number of hydrogen-bond acceptors (Lipinski definition) is 3. The Bertz CT molecular complexity index is 740. The Labute approximate surface area is 170 Å². The van der Waals surface area contributed by atoms with Gasteiger partial charge >= 0.3 is 0 Å². The first-order valence-corrected chi connectivity index (χ1v) is 11.1. The molecule has 0 unspecified atom stereocenters. The van der Waals surface area contributed by atoms with Crippen LogP contribution in [0.3, 0.4) is 0 Å². The maximum absolute atomic E-state index is 9.93. The molecule has 0 heterocycles. The zero-order valence-corrected chi connectivity index (χ0v) is 18.1. The van der Waals surface area contributed by atoms with Gasteiger partial charge < -0.3 is 14.7 Å². The minimum Gasteiger partial charge on any atom is -0.508 e. The van der Waals surface area contributed by atoms with E-state index in [0.29, 0.717) is 23.0 Å². The third-order valence-corrected chi connectivity index (χ3v) is 8.04. The number of aromatic hydroxyl groups is 1. The van der Waals surface area contributed by atoms with Crippen molar-refractivity contribution >= 4 is 0 Å². The Kier molecular flexibility index (Phi) is 5.59. The standard InChI is InChI=1S/C25H37NO2/c1-17-15-18-16-20(27)6-7-21(18)22-9-11-25(2)19(5-8-23(25)24(17)22)10-13-28-14-12-26(3)4/h6-7,10,16-17,22-24,27H,5,8-9,11-15H2,1-4H3/t17-,22-,23+,24-,25-/m1/s1. The Balaban J connectivity index is 1.50. The van der Waals surface area contributed by atoms with Crippen LogP contribution in [-0.2, 0) is 11.2 Å². The van der Waals surface area contributed by atoms with Gasteiger partial charge in [-0.15, -0.1) is 0 Å². The molecule has 1 aromatic carbocycles. The summed E-state index contributed by atoms with van der Waals surface area (Å²) in [7, 11) is 4.18. The SMILES string of the molecule is C[C@@H]1Cc2cc(O)ccc2[C@H]2CC[C@]3(C)C(=CCOCCN(C)C)CC[C@H]3[C@H]12. The molecule has 0 saturated heterocycles. The monoisotopic (exact) mass is 383 g/mol. The van der Waals surface area contributed by atoms with Crippen molar-refractivity contribution in [3.05, 3.63) is 41.0 Å². The van der Waals surface area contributed by atoms with Gasteiger partial charge in [-0.2, -0.15) is 0 Å². The van der Waals surface area contributed by atoms with Crippen molar-refractivity contribution < 1.29 is 9.84 Å². The number of fused-ring (bicyclic) bond motifs is 5. The molecule has 3 aliphatic carbocycles. The van der Waals surface area contributed by atoms with E-state index in [0.717, 1.165) is 38.0 Å². The van der Waals surface area contributed by atoms with E-state index in [2.05, 4.69) is 45.0 Å². The molecule has 1 N–H and O–H groups in total. The largest absolute Gasteiger partial charge is 0.508 e. The molecule has 28 heavy (non-hydrogen) atoms. The van der Waals surface area contributed by atoms with Crippen molar-refractivity contribution in [2.75, 3.05) is 33.9 Å². The summed E-state index contributed by atoms with van der Waals surface area (Å²) in [5, 5.41) is 9.93. The zero-order chi connectivity index (χ0) is 19.9. The van der Waals surface area contributed by atoms with Gasteiger partial charge in [0.25, 0.3) is 0 Å². The predicted octanol–water partition coefficient (Wildman–Crippen LogP) is 5.00. The molecule has 5 atom stereocenters. The maximum Gasteiger partial charge on any atom is 0.115 e. The van der Waals surface area contributed by atoms with Gasteiger partial charge in [-0.3, -0.25) is 0 Å². The number of allylic oxidation sites excluding steroid dienone is 1. The highest BCUT2D eigenvalue weighted by molar-refractivity contribution is 5.41. The third-order valence-electron chi connectivity index (χ3n) is 8.04. The minimum atomic E-state index is 0.356. The molecule has 3 aliphatic rings. The normalized spacial score (nSPS) is 35.7. The molecule has 4 rings (SSSR count). The highest BCUT2D eigenvalue weighted by atomic mass is 16.5. The van der Waals surface area contributed by atoms with E-state index in [1.165, 1.54) is 36.8 Å². The van der Waals surface area contributed by atoms with Gasteiger partial charge in [0.1, 0.15) is 5.75 Å². The molecule has 2 fully saturated rings. The smallest absolute Gasteiger partial charge is 0.115 e. The highest BCUT2D eigenvalue weighted by Gasteiger charge is 2.54. The summed E-state index contributed by atoms with van der Waals surface area (Å²) in [5.74, 6) is 3.35. The lowest BCUT2D eigenvalue weighted by Gasteiger charge is -2.52. The molecule has 0 bridgehead atoms. The second kappa shape index (κ2) is 7.84. The molecular formula is C25H37NO2. The van der Waals surface area contributed by atoms with E-state index < -0.39 is 0 Å². The fraction of sp³-hybridized carbons (Fsp3) is 0.680. The van der Waals surface area contributed by atoms with Crippen LogP contribution in [0.25, 0.3) is 0 Å². The number of nitrogens with zero attached hydrogens (tertiary/aromatic N) is 1. The number of phenols is 1. The molecule has 0 aromatic heterocycles. The topological polar surface area (TPSA) is 32.7 Å². The maximum atomic E-state index is 9.93. The van der Waals surface area contributed by atoms with Crippen LogP contribution in [-0.4, -0.2) is 43.9 Å². The lowest BCUT2D eigenvalue weighted by Crippen LogP contribution is -2.43. The number of rotatable bonds is 5. The number of ether oxygens (including phenoxy) is 1. The summed E-state index contributed by atoms with van der Waals surface area (Å²) in [6, 6.07) is 6.12. The summed E-state index contributed by atoms with van der Waals surface area (Å²) in [6.07, 6.45) is 8.67. The molecule has 2 saturated carbocycles. The van der Waals surface area contributed by atoms with Crippen LogP contribution in [0.4, 0.5) is 0 Å². The van der Waals surface area contributed by atoms with E-state index in [-0.39, 0.29) is 0 Å². The summed E-state index contributed by atoms with van der Waals surface area (Å²) >= 11 is 0. The summed E-state index contributed by atoms with van der Waals surface area (Å²) in [6.45, 7) is 7.53. The van der Waals surface area contributed by atoms with Crippen molar-refractivity contribution in [2.24, 2.45) is 23.2 Å². The predicted molar refractivity (Wildman–Crippen MR) is 115 cm³/mol. The zero-order valence-electron chi connectivity index (χ0n) is 18.1. The van der Waals surface area contributed by atoms with E-state index >= 15 is 0 Å². The van der Waals surface area contributed by atoms with Crippen molar-refractivity contribution in [3.63, 3.8) is 0 Å². The first-order chi connectivity index (χ1) is 13.4. The molecule has 0 aliphatic heterocycles. The molecule has 0 amide bonds. The number of likely N-dealkylation sites (N-methyl/N-ethyl adjacent to an activating group) is 1. The molecule has 154 valence electrons. The third kappa shape index (κ3) is 3.52. The van der Waals surface area contributed by atoms with Crippen molar-refractivity contribution in [3.8, 4) is 5.75 Å². The molecule has 0 radical (unpaired) electrons. The summed E-state index contributed by atoms with van der Waals surface area (Å²) in [4.78, 5) is 2.17. The van der Waals surface area contributed by atoms with Gasteiger partial charge in [0.05, 0.1) is 13.2 Å². The summed E-state index contributed by atoms with van der Waals surface area (Å²) < 4.78 is 5.87. The van der Waals surface area contributed by atoms with Gasteiger partial charge in [-0.1, -0.05) is 31.6 Å². The Hall–Kier alpha value is -1.32. The van der Waals surface area contributed by atoms with Crippen LogP contribution >= 0.6 is 0 Å². The van der Waals surface area contributed by atoms with Gasteiger partial charge in [-0.25, -0.2) is 0 Å². The lowest BCUT2D eigenvalue weighted by molar-refractivity contribution is 0.0484. The van der Waals surface area contributed by atoms with Crippen LogP contribution in [0.15, 0.2) is 29.8 Å². The van der Waals surface area contributed by atoms with Gasteiger partial charge in [0.15, 0.2) is 0 Å². The fourth-order valence-electron chi connectivity index (χ4n) is 6.64. The Morgan fingerprint density at radius 2 is 2.11 bits per heavy atom. The highest BCUT2D eigenvalue weighted by Crippen LogP contribution is 2.63. The molecule has 1 aromatic rings. The van der Waals surface area contributed by atoms with Crippen LogP contribution in [0.5, 0.6) is 5.75 Å². The van der Waals surface area contributed by atoms with Crippen molar-refractivity contribution in [2.45, 2.75) is 51.9 Å². The first kappa shape index (κ1) is 20.0. The van der Waals surface area contributed by atoms with Crippen molar-refractivity contribution in [1.82, 2.24) is 4.90 Å². The molecule has 3 nitrogen and oxygen atoms in total. The van der Waals surface area contributed by atoms with Crippen LogP contribution in [0.2, 0.25) is 0 Å². The second-order valence-corrected chi connectivity index (χ2v) is 9.96. The average Bonchev–Trinajstić information content (AvgIpc) is 2.97. The average molecular weight is 384 g/mol. The number of hydrogen-bond donors (Lipinski definition) is 1. The van der Waals surface area contributed by atoms with Crippen LogP contribution < -0.4 is 0 Å². The Morgan fingerprint density at radius 3 is 2.89 bits per heavy atom. The summed E-state index contributed by atoms with van der Waals surface area (Å²) in [5.41, 5.74) is 4.92. The minimum absolute atomic E-state index is 0.356. The molecule has 3 heteroatoms. The second-order valence-electron chi connectivity index (χ2n) is 9.96. The van der Waals surface area contributed by atoms with Gasteiger partial charge in [0, 0.05) is 6.54 Å². The van der Waals surface area contributed by atoms with Crippen LogP contribution in [0.1, 0.15) is 56.6 Å². The first-order valence-electron chi connectivity index (χ1n) is 11.1. The van der Waals surface area contributed by atoms with Gasteiger partial charge in [0.2, 0.25) is 0 Å². The Morgan fingerprint density at radius 1 is 1.29 bits per heavy atom. The fourth-order valence-corrected chi connectivity index (χ4v) is 6.64. The van der Waals surface area contributed by atoms with Gasteiger partial charge in [-0.05, 0) is 98.5 Å². The van der Waals surface area contributed by atoms with E-state index in [1.54, 1.807) is 5.57 Å². The quantitative estimate of drug-likeness (QED) is 0.574. The lowest BCUT2D eigenvalue weighted by atomic mass is 9.52. The number of phenolic OH excluding ortho intramolecular Hbond substituents is 1. The van der Waals surface area contributed by atoms with E-state index in [4.69, 9.17) is 4.74 Å². The molecule has 0 spiro atoms. The van der Waals surface area contributed by atoms with E-state index in [9.17, 15) is 5.11 Å². The van der Waals surface area contributed by atoms with Crippen LogP contribution in [0, 0.1) is 23.2 Å². The number of benzene rings is 1. The molecular weight excluding hydrogens is 346 g/mol. The van der Waals surface area contributed by atoms with E-state index in [1.807, 2.05) is 12.1 Å². The van der Waals surface area contributed by atoms with Crippen molar-refractivity contribution in [1.29, 1.82) is 0 Å².